The van der Waals surface area contributed by atoms with E-state index in [9.17, 15) is 9.59 Å². The fourth-order valence-electron chi connectivity index (χ4n) is 6.23. The predicted molar refractivity (Wildman–Crippen MR) is 149 cm³/mol. The van der Waals surface area contributed by atoms with E-state index in [1.807, 2.05) is 17.0 Å². The topological polar surface area (TPSA) is 85.3 Å². The molecule has 2 amide bonds. The van der Waals surface area contributed by atoms with Crippen LogP contribution in [0.5, 0.6) is 6.01 Å². The molecule has 0 N–H and O–H groups in total. The molecule has 2 saturated heterocycles. The third-order valence-electron chi connectivity index (χ3n) is 8.60. The highest BCUT2D eigenvalue weighted by molar-refractivity contribution is 6.10. The van der Waals surface area contributed by atoms with Gasteiger partial charge in [0.15, 0.2) is 0 Å². The van der Waals surface area contributed by atoms with Gasteiger partial charge in [-0.3, -0.25) is 9.59 Å². The van der Waals surface area contributed by atoms with Crippen LogP contribution in [0.2, 0.25) is 0 Å². The molecule has 0 aliphatic carbocycles. The van der Waals surface area contributed by atoms with E-state index < -0.39 is 0 Å². The van der Waals surface area contributed by atoms with Gasteiger partial charge in [0.05, 0.1) is 6.54 Å². The summed E-state index contributed by atoms with van der Waals surface area (Å²) in [5.74, 6) is 0.560. The van der Waals surface area contributed by atoms with Crippen LogP contribution in [0.1, 0.15) is 40.0 Å². The van der Waals surface area contributed by atoms with Gasteiger partial charge in [-0.25, -0.2) is 0 Å². The summed E-state index contributed by atoms with van der Waals surface area (Å²) in [6.07, 6.45) is 4.56. The number of fused-ring (bicyclic) bond motifs is 2. The average Bonchev–Trinajstić information content (AvgIpc) is 3.52. The highest BCUT2D eigenvalue weighted by Gasteiger charge is 2.38. The summed E-state index contributed by atoms with van der Waals surface area (Å²) in [7, 11) is 4.23. The van der Waals surface area contributed by atoms with Gasteiger partial charge >= 0.3 is 6.01 Å². The minimum atomic E-state index is -0.112. The van der Waals surface area contributed by atoms with E-state index >= 15 is 0 Å². The third-order valence-corrected chi connectivity index (χ3v) is 8.60. The summed E-state index contributed by atoms with van der Waals surface area (Å²) in [6, 6.07) is 6.82. The molecule has 0 spiro atoms. The number of hydrogen-bond donors (Lipinski definition) is 0. The smallest absolute Gasteiger partial charge is 0.319 e. The van der Waals surface area contributed by atoms with Crippen molar-refractivity contribution in [2.24, 2.45) is 0 Å². The second kappa shape index (κ2) is 10.6. The first kappa shape index (κ1) is 25.8. The maximum Gasteiger partial charge on any atom is 0.319 e. The monoisotopic (exact) mass is 531 g/mol. The number of carbonyl (C=O) groups excluding carboxylic acids is 2. The first-order chi connectivity index (χ1) is 18.9. The number of carbonyl (C=O) groups is 2. The Balaban J connectivity index is 1.32. The molecule has 1 atom stereocenters. The van der Waals surface area contributed by atoms with Gasteiger partial charge in [-0.1, -0.05) is 18.7 Å². The van der Waals surface area contributed by atoms with Crippen molar-refractivity contribution in [3.8, 4) is 6.01 Å². The Labute approximate surface area is 229 Å². The van der Waals surface area contributed by atoms with Gasteiger partial charge < -0.3 is 29.2 Å². The maximum atomic E-state index is 13.9. The number of hydrogen-bond acceptors (Lipinski definition) is 8. The van der Waals surface area contributed by atoms with Gasteiger partial charge in [-0.15, -0.1) is 0 Å². The molecule has 2 aromatic rings. The molecule has 6 rings (SSSR count). The molecule has 0 bridgehead atoms. The molecule has 5 heterocycles. The van der Waals surface area contributed by atoms with Crippen LogP contribution in [0.15, 0.2) is 30.9 Å². The van der Waals surface area contributed by atoms with Gasteiger partial charge in [0.1, 0.15) is 18.1 Å². The Morgan fingerprint density at radius 2 is 1.90 bits per heavy atom. The number of aromatic nitrogens is 2. The molecule has 39 heavy (non-hydrogen) atoms. The second-order valence-corrected chi connectivity index (χ2v) is 11.1. The van der Waals surface area contributed by atoms with E-state index in [2.05, 4.69) is 46.4 Å². The van der Waals surface area contributed by atoms with E-state index in [1.54, 1.807) is 4.90 Å². The van der Waals surface area contributed by atoms with Crippen LogP contribution in [0, 0.1) is 0 Å². The first-order valence-electron chi connectivity index (χ1n) is 13.9. The number of rotatable bonds is 6. The molecule has 1 aromatic heterocycles. The first-order valence-corrected chi connectivity index (χ1v) is 13.9. The zero-order valence-corrected chi connectivity index (χ0v) is 22.9. The molecular formula is C29H37N7O3. The lowest BCUT2D eigenvalue weighted by Gasteiger charge is -2.35. The molecule has 2 fully saturated rings. The second-order valence-electron chi connectivity index (χ2n) is 11.1. The van der Waals surface area contributed by atoms with E-state index in [0.717, 1.165) is 56.0 Å². The summed E-state index contributed by atoms with van der Waals surface area (Å²) in [4.78, 5) is 46.0. The molecule has 206 valence electrons. The number of ether oxygens (including phenoxy) is 1. The fourth-order valence-corrected chi connectivity index (χ4v) is 6.23. The minimum Gasteiger partial charge on any atom is -0.462 e. The largest absolute Gasteiger partial charge is 0.462 e. The summed E-state index contributed by atoms with van der Waals surface area (Å²) < 4.78 is 6.14. The van der Waals surface area contributed by atoms with Crippen molar-refractivity contribution in [2.75, 3.05) is 69.8 Å². The molecule has 4 aliphatic heterocycles. The van der Waals surface area contributed by atoms with Crippen LogP contribution >= 0.6 is 0 Å². The van der Waals surface area contributed by atoms with E-state index in [1.165, 1.54) is 17.2 Å². The summed E-state index contributed by atoms with van der Waals surface area (Å²) in [5.41, 5.74) is 4.70. The van der Waals surface area contributed by atoms with Crippen molar-refractivity contribution < 1.29 is 14.3 Å². The van der Waals surface area contributed by atoms with Gasteiger partial charge in [0.2, 0.25) is 5.91 Å². The number of likely N-dealkylation sites (N-methyl/N-ethyl adjacent to an activating group) is 2. The lowest BCUT2D eigenvalue weighted by Crippen LogP contribution is -2.48. The van der Waals surface area contributed by atoms with Crippen LogP contribution in [0.3, 0.4) is 0 Å². The minimum absolute atomic E-state index is 0.0626. The number of benzene rings is 1. The lowest BCUT2D eigenvalue weighted by atomic mass is 9.98. The zero-order chi connectivity index (χ0) is 27.1. The van der Waals surface area contributed by atoms with Crippen LogP contribution in [0.4, 0.5) is 11.5 Å². The standard InChI is InChI=1S/C29H37N7O3/c1-4-25(37)34-13-15-35(16-14-34)27-23-18-36(24-9-5-7-20-10-12-32(2)17-22(20)24)28(38)26(23)30-29(31-27)39-19-21-8-6-11-33(21)3/h4-5,7,9,21H,1,6,8,10-19H2,2-3H3/t21-/m0/s1. The molecule has 0 radical (unpaired) electrons. The number of piperazine rings is 1. The predicted octanol–water partition coefficient (Wildman–Crippen LogP) is 1.93. The number of likely N-dealkylation sites (tertiary alicyclic amines) is 1. The fraction of sp³-hybridized carbons (Fsp3) is 0.517. The van der Waals surface area contributed by atoms with E-state index in [0.29, 0.717) is 51.1 Å². The van der Waals surface area contributed by atoms with Gasteiger partial charge in [-0.2, -0.15) is 9.97 Å². The zero-order valence-electron chi connectivity index (χ0n) is 22.9. The van der Waals surface area contributed by atoms with Crippen LogP contribution in [0.25, 0.3) is 0 Å². The van der Waals surface area contributed by atoms with Crippen molar-refractivity contribution in [1.82, 2.24) is 24.7 Å². The maximum absolute atomic E-state index is 13.9. The highest BCUT2D eigenvalue weighted by atomic mass is 16.5. The number of anilines is 2. The molecule has 0 saturated carbocycles. The van der Waals surface area contributed by atoms with Gasteiger partial charge in [0, 0.05) is 56.6 Å². The van der Waals surface area contributed by atoms with E-state index in [-0.39, 0.29) is 17.8 Å². The molecule has 1 aromatic carbocycles. The summed E-state index contributed by atoms with van der Waals surface area (Å²) >= 11 is 0. The quantitative estimate of drug-likeness (QED) is 0.523. The van der Waals surface area contributed by atoms with E-state index in [4.69, 9.17) is 9.72 Å². The number of nitrogens with zero attached hydrogens (tertiary/aromatic N) is 7. The Hall–Kier alpha value is -3.50. The third kappa shape index (κ3) is 4.87. The van der Waals surface area contributed by atoms with Crippen LogP contribution in [-0.4, -0.2) is 102 Å². The van der Waals surface area contributed by atoms with Crippen molar-refractivity contribution in [3.05, 3.63) is 53.2 Å². The van der Waals surface area contributed by atoms with Crippen molar-refractivity contribution in [3.63, 3.8) is 0 Å². The van der Waals surface area contributed by atoms with Crippen LogP contribution in [-0.2, 0) is 24.3 Å². The Morgan fingerprint density at radius 3 is 2.64 bits per heavy atom. The van der Waals surface area contributed by atoms with Gasteiger partial charge in [0.25, 0.3) is 5.91 Å². The van der Waals surface area contributed by atoms with Gasteiger partial charge in [-0.05, 0) is 63.2 Å². The number of amides is 2. The lowest BCUT2D eigenvalue weighted by molar-refractivity contribution is -0.126. The normalized spacial score (nSPS) is 21.7. The Kier molecular flexibility index (Phi) is 6.99. The molecule has 0 unspecified atom stereocenters. The van der Waals surface area contributed by atoms with Crippen molar-refractivity contribution >= 4 is 23.3 Å². The Morgan fingerprint density at radius 1 is 1.08 bits per heavy atom. The summed E-state index contributed by atoms with van der Waals surface area (Å²) in [6.45, 7) is 9.79. The average molecular weight is 532 g/mol. The Bertz CT molecular complexity index is 1290. The van der Waals surface area contributed by atoms with Crippen molar-refractivity contribution in [1.29, 1.82) is 0 Å². The van der Waals surface area contributed by atoms with Crippen molar-refractivity contribution in [2.45, 2.75) is 38.4 Å². The molecule has 10 nitrogen and oxygen atoms in total. The highest BCUT2D eigenvalue weighted by Crippen LogP contribution is 2.37. The summed E-state index contributed by atoms with van der Waals surface area (Å²) in [5, 5.41) is 0. The molecule has 4 aliphatic rings. The molecular weight excluding hydrogens is 494 g/mol. The van der Waals surface area contributed by atoms with Crippen LogP contribution < -0.4 is 14.5 Å². The molecule has 10 heteroatoms. The SMILES string of the molecule is C=CC(=O)N1CCN(c2nc(OC[C@@H]3CCCN3C)nc3c2CN(c2cccc4c2CN(C)CC4)C3=O)CC1.